The number of nitrogens with one attached hydrogen (secondary N) is 2. The fourth-order valence-corrected chi connectivity index (χ4v) is 2.82. The molecular weight excluding hydrogens is 534 g/mol. The fourth-order valence-electron chi connectivity index (χ4n) is 2.82. The van der Waals surface area contributed by atoms with Crippen LogP contribution in [-0.4, -0.2) is 32.4 Å². The third kappa shape index (κ3) is 11.1. The zero-order chi connectivity index (χ0) is 22.5. The van der Waals surface area contributed by atoms with Crippen molar-refractivity contribution in [3.63, 3.8) is 0 Å². The first kappa shape index (κ1) is 28.2. The molecule has 5 nitrogen and oxygen atoms in total. The van der Waals surface area contributed by atoms with Gasteiger partial charge in [0.25, 0.3) is 0 Å². The molecule has 2 aromatic carbocycles. The van der Waals surface area contributed by atoms with E-state index in [-0.39, 0.29) is 30.6 Å². The monoisotopic (exact) mass is 565 g/mol. The number of alkyl halides is 3. The lowest BCUT2D eigenvalue weighted by Crippen LogP contribution is -2.36. The van der Waals surface area contributed by atoms with E-state index in [1.54, 1.807) is 19.2 Å². The third-order valence-corrected chi connectivity index (χ3v) is 4.41. The molecule has 0 fully saturated rings. The first-order valence-electron chi connectivity index (χ1n) is 10.2. The Morgan fingerprint density at radius 2 is 1.50 bits per heavy atom. The lowest BCUT2D eigenvalue weighted by atomic mass is 10.1. The number of nitrogens with zero attached hydrogens (tertiary/aromatic N) is 1. The summed E-state index contributed by atoms with van der Waals surface area (Å²) in [5.41, 5.74) is 3.96. The van der Waals surface area contributed by atoms with E-state index >= 15 is 0 Å². The maximum atomic E-state index is 12.1. The molecule has 0 heterocycles. The van der Waals surface area contributed by atoms with Gasteiger partial charge in [0, 0.05) is 26.7 Å². The molecule has 9 heteroatoms. The van der Waals surface area contributed by atoms with Crippen molar-refractivity contribution in [1.82, 2.24) is 10.6 Å². The second kappa shape index (κ2) is 15.1. The molecular formula is C23H31F3IN3O2. The van der Waals surface area contributed by atoms with Crippen molar-refractivity contribution in [2.45, 2.75) is 45.8 Å². The van der Waals surface area contributed by atoms with E-state index in [1.807, 2.05) is 24.3 Å². The normalized spacial score (nSPS) is 11.7. The second-order valence-electron chi connectivity index (χ2n) is 7.03. The minimum atomic E-state index is -4.31. The number of guanidine groups is 1. The van der Waals surface area contributed by atoms with Crippen molar-refractivity contribution in [1.29, 1.82) is 0 Å². The third-order valence-electron chi connectivity index (χ3n) is 4.41. The number of halogens is 4. The number of benzene rings is 2. The average molecular weight is 565 g/mol. The van der Waals surface area contributed by atoms with Crippen LogP contribution in [0.5, 0.6) is 0 Å². The molecule has 0 aromatic heterocycles. The van der Waals surface area contributed by atoms with Crippen LogP contribution in [0.15, 0.2) is 53.5 Å². The summed E-state index contributed by atoms with van der Waals surface area (Å²) < 4.78 is 46.8. The van der Waals surface area contributed by atoms with Crippen LogP contribution in [0.3, 0.4) is 0 Å². The Morgan fingerprint density at radius 1 is 0.875 bits per heavy atom. The van der Waals surface area contributed by atoms with E-state index in [2.05, 4.69) is 39.4 Å². The van der Waals surface area contributed by atoms with Gasteiger partial charge < -0.3 is 20.1 Å². The zero-order valence-electron chi connectivity index (χ0n) is 18.4. The van der Waals surface area contributed by atoms with Gasteiger partial charge in [-0.05, 0) is 28.7 Å². The first-order valence-corrected chi connectivity index (χ1v) is 10.2. The van der Waals surface area contributed by atoms with Gasteiger partial charge >= 0.3 is 6.18 Å². The summed E-state index contributed by atoms with van der Waals surface area (Å²) in [6.45, 7) is 3.22. The Kier molecular flexibility index (Phi) is 13.3. The second-order valence-corrected chi connectivity index (χ2v) is 7.03. The van der Waals surface area contributed by atoms with Crippen molar-refractivity contribution in [2.24, 2.45) is 4.99 Å². The summed E-state index contributed by atoms with van der Waals surface area (Å²) >= 11 is 0. The summed E-state index contributed by atoms with van der Waals surface area (Å²) in [6.07, 6.45) is -3.33. The van der Waals surface area contributed by atoms with Gasteiger partial charge in [0.2, 0.25) is 0 Å². The van der Waals surface area contributed by atoms with Crippen LogP contribution >= 0.6 is 24.0 Å². The van der Waals surface area contributed by atoms with Gasteiger partial charge in [0.1, 0.15) is 6.61 Å². The molecule has 32 heavy (non-hydrogen) atoms. The van der Waals surface area contributed by atoms with Crippen molar-refractivity contribution in [3.8, 4) is 0 Å². The molecule has 0 amide bonds. The van der Waals surface area contributed by atoms with Crippen molar-refractivity contribution in [3.05, 3.63) is 70.8 Å². The van der Waals surface area contributed by atoms with E-state index in [0.717, 1.165) is 29.7 Å². The SMILES string of the molecule is CCCOCc1ccccc1CNC(=NC)NCc1ccc(COCC(F)(F)F)cc1.I. The number of hydrogen-bond acceptors (Lipinski definition) is 3. The molecule has 0 unspecified atom stereocenters. The smallest absolute Gasteiger partial charge is 0.377 e. The Bertz CT molecular complexity index is 815. The van der Waals surface area contributed by atoms with E-state index in [0.29, 0.717) is 31.2 Å². The summed E-state index contributed by atoms with van der Waals surface area (Å²) in [7, 11) is 1.70. The lowest BCUT2D eigenvalue weighted by molar-refractivity contribution is -0.176. The van der Waals surface area contributed by atoms with Crippen molar-refractivity contribution < 1.29 is 22.6 Å². The molecule has 0 aliphatic heterocycles. The Labute approximate surface area is 204 Å². The minimum Gasteiger partial charge on any atom is -0.377 e. The molecule has 0 radical (unpaired) electrons. The van der Waals surface area contributed by atoms with E-state index in [9.17, 15) is 13.2 Å². The molecule has 0 saturated heterocycles. The van der Waals surface area contributed by atoms with Crippen LogP contribution in [0.4, 0.5) is 13.2 Å². The molecule has 2 rings (SSSR count). The lowest BCUT2D eigenvalue weighted by Gasteiger charge is -2.15. The van der Waals surface area contributed by atoms with Crippen LogP contribution in [0.1, 0.15) is 35.6 Å². The largest absolute Gasteiger partial charge is 0.411 e. The molecule has 0 bridgehead atoms. The molecule has 0 aliphatic carbocycles. The Morgan fingerprint density at radius 3 is 2.12 bits per heavy atom. The van der Waals surface area contributed by atoms with Gasteiger partial charge in [0.15, 0.2) is 5.96 Å². The van der Waals surface area contributed by atoms with Crippen LogP contribution in [0.25, 0.3) is 0 Å². The minimum absolute atomic E-state index is 0. The van der Waals surface area contributed by atoms with Crippen LogP contribution < -0.4 is 10.6 Å². The molecule has 2 aromatic rings. The van der Waals surface area contributed by atoms with Gasteiger partial charge in [-0.15, -0.1) is 24.0 Å². The highest BCUT2D eigenvalue weighted by molar-refractivity contribution is 14.0. The first-order chi connectivity index (χ1) is 14.9. The number of rotatable bonds is 11. The zero-order valence-corrected chi connectivity index (χ0v) is 20.7. The highest BCUT2D eigenvalue weighted by atomic mass is 127. The summed E-state index contributed by atoms with van der Waals surface area (Å²) in [5.74, 6) is 0.655. The molecule has 0 saturated carbocycles. The fraction of sp³-hybridized carbons (Fsp3) is 0.435. The van der Waals surface area contributed by atoms with E-state index in [1.165, 1.54) is 0 Å². The summed E-state index contributed by atoms with van der Waals surface area (Å²) in [5, 5.41) is 6.53. The maximum Gasteiger partial charge on any atom is 0.411 e. The number of hydrogen-bond donors (Lipinski definition) is 2. The average Bonchev–Trinajstić information content (AvgIpc) is 2.75. The van der Waals surface area contributed by atoms with Gasteiger partial charge in [0.05, 0.1) is 13.2 Å². The van der Waals surface area contributed by atoms with E-state index in [4.69, 9.17) is 4.74 Å². The van der Waals surface area contributed by atoms with Crippen molar-refractivity contribution in [2.75, 3.05) is 20.3 Å². The predicted molar refractivity (Wildman–Crippen MR) is 131 cm³/mol. The molecule has 178 valence electrons. The quantitative estimate of drug-likeness (QED) is 0.171. The van der Waals surface area contributed by atoms with Gasteiger partial charge in [-0.25, -0.2) is 0 Å². The summed E-state index contributed by atoms with van der Waals surface area (Å²) in [6, 6.07) is 15.3. The maximum absolute atomic E-state index is 12.1. The summed E-state index contributed by atoms with van der Waals surface area (Å²) in [4.78, 5) is 4.24. The molecule has 0 spiro atoms. The Balaban J connectivity index is 0.00000512. The van der Waals surface area contributed by atoms with E-state index < -0.39 is 12.8 Å². The van der Waals surface area contributed by atoms with Gasteiger partial charge in [-0.1, -0.05) is 55.5 Å². The van der Waals surface area contributed by atoms with Crippen molar-refractivity contribution >= 4 is 29.9 Å². The Hall–Kier alpha value is -1.85. The van der Waals surface area contributed by atoms with Crippen LogP contribution in [-0.2, 0) is 35.8 Å². The molecule has 0 atom stereocenters. The topological polar surface area (TPSA) is 54.9 Å². The van der Waals surface area contributed by atoms with Crippen LogP contribution in [0, 0.1) is 0 Å². The van der Waals surface area contributed by atoms with Gasteiger partial charge in [-0.3, -0.25) is 4.99 Å². The van der Waals surface area contributed by atoms with Crippen LogP contribution in [0.2, 0.25) is 0 Å². The molecule has 2 N–H and O–H groups in total. The number of aliphatic imine (C=N–C) groups is 1. The standard InChI is InChI=1S/C23H30F3N3O2.HI/c1-3-12-30-16-21-7-5-4-6-20(21)14-29-22(27-2)28-13-18-8-10-19(11-9-18)15-31-17-23(24,25)26;/h4-11H,3,12-17H2,1-2H3,(H2,27,28,29);1H. The highest BCUT2D eigenvalue weighted by Crippen LogP contribution is 2.16. The number of ether oxygens (including phenoxy) is 2. The molecule has 0 aliphatic rings. The van der Waals surface area contributed by atoms with Gasteiger partial charge in [-0.2, -0.15) is 13.2 Å². The highest BCUT2D eigenvalue weighted by Gasteiger charge is 2.27. The predicted octanol–water partition coefficient (Wildman–Crippen LogP) is 5.18.